The SMILES string of the molecule is COC(=O)c1c(OC)ccc(C#N)c1CCl. The van der Waals surface area contributed by atoms with Gasteiger partial charge in [-0.25, -0.2) is 4.79 Å². The van der Waals surface area contributed by atoms with Crippen molar-refractivity contribution in [3.63, 3.8) is 0 Å². The number of halogens is 1. The Balaban J connectivity index is 3.50. The molecular weight excluding hydrogens is 230 g/mol. The summed E-state index contributed by atoms with van der Waals surface area (Å²) in [6.45, 7) is 0. The van der Waals surface area contributed by atoms with E-state index in [0.717, 1.165) is 0 Å². The topological polar surface area (TPSA) is 59.3 Å². The van der Waals surface area contributed by atoms with Gasteiger partial charge in [-0.3, -0.25) is 0 Å². The van der Waals surface area contributed by atoms with Gasteiger partial charge in [-0.15, -0.1) is 11.6 Å². The highest BCUT2D eigenvalue weighted by Gasteiger charge is 2.20. The minimum atomic E-state index is -0.565. The van der Waals surface area contributed by atoms with Crippen molar-refractivity contribution in [2.45, 2.75) is 5.88 Å². The standard InChI is InChI=1S/C11H10ClNO3/c1-15-9-4-3-7(6-13)8(5-12)10(9)11(14)16-2/h3-4H,5H2,1-2H3. The molecule has 0 bridgehead atoms. The van der Waals surface area contributed by atoms with Crippen LogP contribution in [0.25, 0.3) is 0 Å². The Bertz CT molecular complexity index is 451. The fraction of sp³-hybridized carbons (Fsp3) is 0.273. The first-order valence-corrected chi connectivity index (χ1v) is 4.97. The molecule has 0 atom stereocenters. The quantitative estimate of drug-likeness (QED) is 0.599. The van der Waals surface area contributed by atoms with E-state index in [0.29, 0.717) is 16.9 Å². The average molecular weight is 240 g/mol. The number of esters is 1. The molecule has 1 aromatic carbocycles. The van der Waals surface area contributed by atoms with E-state index in [1.54, 1.807) is 12.1 Å². The first-order valence-electron chi connectivity index (χ1n) is 4.43. The van der Waals surface area contributed by atoms with Gasteiger partial charge in [0.05, 0.1) is 25.9 Å². The van der Waals surface area contributed by atoms with Crippen molar-refractivity contribution in [2.75, 3.05) is 14.2 Å². The summed E-state index contributed by atoms with van der Waals surface area (Å²) in [5.41, 5.74) is 0.977. The van der Waals surface area contributed by atoms with Gasteiger partial charge in [-0.1, -0.05) is 0 Å². The van der Waals surface area contributed by atoms with E-state index in [1.165, 1.54) is 14.2 Å². The van der Waals surface area contributed by atoms with Crippen LogP contribution in [-0.4, -0.2) is 20.2 Å². The predicted octanol–water partition coefficient (Wildman–Crippen LogP) is 2.09. The molecule has 0 fully saturated rings. The molecular formula is C11H10ClNO3. The summed E-state index contributed by atoms with van der Waals surface area (Å²) in [5, 5.41) is 8.89. The van der Waals surface area contributed by atoms with Crippen LogP contribution in [0.5, 0.6) is 5.75 Å². The fourth-order valence-corrected chi connectivity index (χ4v) is 1.64. The number of methoxy groups -OCH3 is 2. The van der Waals surface area contributed by atoms with Crippen LogP contribution < -0.4 is 4.74 Å². The van der Waals surface area contributed by atoms with Gasteiger partial charge in [-0.2, -0.15) is 5.26 Å². The summed E-state index contributed by atoms with van der Waals surface area (Å²) in [6, 6.07) is 5.07. The van der Waals surface area contributed by atoms with E-state index in [-0.39, 0.29) is 11.4 Å². The highest BCUT2D eigenvalue weighted by Crippen LogP contribution is 2.27. The number of hydrogen-bond acceptors (Lipinski definition) is 4. The lowest BCUT2D eigenvalue weighted by Gasteiger charge is -2.11. The zero-order valence-corrected chi connectivity index (χ0v) is 9.67. The van der Waals surface area contributed by atoms with Crippen molar-refractivity contribution in [1.82, 2.24) is 0 Å². The largest absolute Gasteiger partial charge is 0.496 e. The zero-order chi connectivity index (χ0) is 12.1. The molecule has 0 saturated carbocycles. The van der Waals surface area contributed by atoms with Crippen molar-refractivity contribution in [3.05, 3.63) is 28.8 Å². The Morgan fingerprint density at radius 2 is 2.19 bits per heavy atom. The number of benzene rings is 1. The lowest BCUT2D eigenvalue weighted by atomic mass is 10.0. The minimum absolute atomic E-state index is 0.0462. The second-order valence-electron chi connectivity index (χ2n) is 2.91. The number of nitriles is 1. The number of alkyl halides is 1. The van der Waals surface area contributed by atoms with Gasteiger partial charge in [0.1, 0.15) is 11.3 Å². The van der Waals surface area contributed by atoms with Gasteiger partial charge in [0.15, 0.2) is 0 Å². The van der Waals surface area contributed by atoms with Gasteiger partial charge >= 0.3 is 5.97 Å². The van der Waals surface area contributed by atoms with Crippen molar-refractivity contribution in [2.24, 2.45) is 0 Å². The molecule has 0 aliphatic carbocycles. The molecule has 0 aromatic heterocycles. The highest BCUT2D eigenvalue weighted by molar-refractivity contribution is 6.18. The number of carbonyl (C=O) groups is 1. The summed E-state index contributed by atoms with van der Waals surface area (Å²) in [4.78, 5) is 11.6. The molecule has 84 valence electrons. The molecule has 1 aromatic rings. The Labute approximate surface area is 98.3 Å². The molecule has 4 nitrogen and oxygen atoms in total. The van der Waals surface area contributed by atoms with Gasteiger partial charge in [0, 0.05) is 11.4 Å². The molecule has 0 radical (unpaired) electrons. The average Bonchev–Trinajstić information content (AvgIpc) is 2.35. The van der Waals surface area contributed by atoms with Gasteiger partial charge < -0.3 is 9.47 Å². The Morgan fingerprint density at radius 3 is 2.62 bits per heavy atom. The maximum absolute atomic E-state index is 11.6. The number of nitrogens with zero attached hydrogens (tertiary/aromatic N) is 1. The van der Waals surface area contributed by atoms with E-state index in [9.17, 15) is 4.79 Å². The van der Waals surface area contributed by atoms with Crippen molar-refractivity contribution in [3.8, 4) is 11.8 Å². The first kappa shape index (κ1) is 12.3. The molecule has 0 amide bonds. The van der Waals surface area contributed by atoms with E-state index < -0.39 is 5.97 Å². The summed E-state index contributed by atoms with van der Waals surface area (Å²) >= 11 is 5.73. The van der Waals surface area contributed by atoms with E-state index in [2.05, 4.69) is 4.74 Å². The molecule has 0 heterocycles. The van der Waals surface area contributed by atoms with Crippen LogP contribution in [0.1, 0.15) is 21.5 Å². The number of rotatable bonds is 3. The molecule has 5 heteroatoms. The third-order valence-electron chi connectivity index (χ3n) is 2.14. The summed E-state index contributed by atoms with van der Waals surface area (Å²) < 4.78 is 9.68. The lowest BCUT2D eigenvalue weighted by Crippen LogP contribution is -2.09. The molecule has 1 rings (SSSR count). The van der Waals surface area contributed by atoms with E-state index in [1.807, 2.05) is 6.07 Å². The summed E-state index contributed by atoms with van der Waals surface area (Å²) in [6.07, 6.45) is 0. The number of hydrogen-bond donors (Lipinski definition) is 0. The molecule has 0 spiro atoms. The maximum atomic E-state index is 11.6. The minimum Gasteiger partial charge on any atom is -0.496 e. The summed E-state index contributed by atoms with van der Waals surface area (Å²) in [5.74, 6) is -0.170. The Kier molecular flexibility index (Phi) is 4.15. The van der Waals surface area contributed by atoms with Gasteiger partial charge in [-0.05, 0) is 12.1 Å². The van der Waals surface area contributed by atoms with Crippen LogP contribution in [0.3, 0.4) is 0 Å². The fourth-order valence-electron chi connectivity index (χ4n) is 1.37. The Hall–Kier alpha value is -1.73. The van der Waals surface area contributed by atoms with E-state index >= 15 is 0 Å². The molecule has 0 saturated heterocycles. The van der Waals surface area contributed by atoms with Crippen LogP contribution in [-0.2, 0) is 10.6 Å². The first-order chi connectivity index (χ1) is 7.69. The van der Waals surface area contributed by atoms with Crippen LogP contribution in [0.2, 0.25) is 0 Å². The van der Waals surface area contributed by atoms with Crippen LogP contribution in [0, 0.1) is 11.3 Å². The molecule has 0 unspecified atom stereocenters. The summed E-state index contributed by atoms with van der Waals surface area (Å²) in [7, 11) is 2.70. The molecule has 0 aliphatic heterocycles. The highest BCUT2D eigenvalue weighted by atomic mass is 35.5. The van der Waals surface area contributed by atoms with Crippen LogP contribution >= 0.6 is 11.6 Å². The van der Waals surface area contributed by atoms with Crippen molar-refractivity contribution >= 4 is 17.6 Å². The third kappa shape index (κ3) is 2.10. The number of carbonyl (C=O) groups excluding carboxylic acids is 1. The molecule has 16 heavy (non-hydrogen) atoms. The molecule has 0 N–H and O–H groups in total. The van der Waals surface area contributed by atoms with Gasteiger partial charge in [0.2, 0.25) is 0 Å². The second kappa shape index (κ2) is 5.38. The normalized spacial score (nSPS) is 9.38. The maximum Gasteiger partial charge on any atom is 0.342 e. The van der Waals surface area contributed by atoms with Crippen molar-refractivity contribution in [1.29, 1.82) is 5.26 Å². The second-order valence-corrected chi connectivity index (χ2v) is 3.17. The van der Waals surface area contributed by atoms with E-state index in [4.69, 9.17) is 21.6 Å². The van der Waals surface area contributed by atoms with Crippen LogP contribution in [0.4, 0.5) is 0 Å². The number of ether oxygens (including phenoxy) is 2. The van der Waals surface area contributed by atoms with Crippen LogP contribution in [0.15, 0.2) is 12.1 Å². The van der Waals surface area contributed by atoms with Gasteiger partial charge in [0.25, 0.3) is 0 Å². The molecule has 0 aliphatic rings. The smallest absolute Gasteiger partial charge is 0.342 e. The monoisotopic (exact) mass is 239 g/mol. The zero-order valence-electron chi connectivity index (χ0n) is 8.91. The lowest BCUT2D eigenvalue weighted by molar-refractivity contribution is 0.0596. The Morgan fingerprint density at radius 1 is 1.50 bits per heavy atom. The third-order valence-corrected chi connectivity index (χ3v) is 2.41. The predicted molar refractivity (Wildman–Crippen MR) is 58.6 cm³/mol. The van der Waals surface area contributed by atoms with Crippen molar-refractivity contribution < 1.29 is 14.3 Å².